The molecule has 0 spiro atoms. The van der Waals surface area contributed by atoms with E-state index in [-0.39, 0.29) is 0 Å². The fourth-order valence-electron chi connectivity index (χ4n) is 15.5. The number of nitrogens with zero attached hydrogens (tertiary/aromatic N) is 4. The lowest BCUT2D eigenvalue weighted by Crippen LogP contribution is -1.96. The molecule has 0 saturated carbocycles. The summed E-state index contributed by atoms with van der Waals surface area (Å²) in [4.78, 5) is 0. The number of aromatic nitrogens is 4. The number of para-hydroxylation sites is 3. The van der Waals surface area contributed by atoms with Crippen molar-refractivity contribution in [2.24, 2.45) is 0 Å². The summed E-state index contributed by atoms with van der Waals surface area (Å²) in [6, 6.07) is 132. The predicted octanol–water partition coefficient (Wildman–Crippen LogP) is 24.7. The Kier molecular flexibility index (Phi) is 12.9. The van der Waals surface area contributed by atoms with Gasteiger partial charge >= 0.3 is 0 Å². The first kappa shape index (κ1) is 54.9. The Bertz CT molecular complexity index is 6390. The molecular formula is C92H60N4. The number of hydrogen-bond donors (Lipinski definition) is 0. The molecular weight excluding hydrogens is 1160 g/mol. The second-order valence-corrected chi connectivity index (χ2v) is 25.1. The molecule has 4 nitrogen and oxygen atoms in total. The van der Waals surface area contributed by atoms with Gasteiger partial charge in [-0.2, -0.15) is 0 Å². The highest BCUT2D eigenvalue weighted by Crippen LogP contribution is 2.47. The van der Waals surface area contributed by atoms with Gasteiger partial charge in [0.15, 0.2) is 0 Å². The Balaban J connectivity index is 0.000000135. The van der Waals surface area contributed by atoms with Gasteiger partial charge in [0.1, 0.15) is 0 Å². The van der Waals surface area contributed by atoms with Gasteiger partial charge < -0.3 is 18.3 Å². The first-order chi connectivity index (χ1) is 47.7. The highest BCUT2D eigenvalue weighted by molar-refractivity contribution is 6.28. The van der Waals surface area contributed by atoms with E-state index in [9.17, 15) is 0 Å². The minimum absolute atomic E-state index is 1.15. The number of rotatable bonds is 8. The molecule has 4 aromatic heterocycles. The normalized spacial score (nSPS) is 11.8. The molecule has 0 aliphatic rings. The van der Waals surface area contributed by atoms with E-state index in [1.807, 2.05) is 0 Å². The van der Waals surface area contributed by atoms with Crippen LogP contribution in [-0.4, -0.2) is 18.3 Å². The van der Waals surface area contributed by atoms with Crippen LogP contribution in [0.3, 0.4) is 0 Å². The molecule has 4 heterocycles. The average molecular weight is 1220 g/mol. The number of fused-ring (bicyclic) bond motifs is 16. The van der Waals surface area contributed by atoms with Crippen molar-refractivity contribution < 1.29 is 0 Å². The van der Waals surface area contributed by atoms with Crippen LogP contribution in [0.25, 0.3) is 176 Å². The van der Waals surface area contributed by atoms with Crippen LogP contribution in [0.5, 0.6) is 0 Å². The smallest absolute Gasteiger partial charge is 0.0641 e. The van der Waals surface area contributed by atoms with Crippen molar-refractivity contribution in [1.29, 1.82) is 0 Å². The van der Waals surface area contributed by atoms with Gasteiger partial charge in [-0.15, -0.1) is 0 Å². The van der Waals surface area contributed by atoms with Gasteiger partial charge in [-0.3, -0.25) is 0 Å². The van der Waals surface area contributed by atoms with Gasteiger partial charge in [0.05, 0.1) is 49.8 Å². The second-order valence-electron chi connectivity index (χ2n) is 25.1. The van der Waals surface area contributed by atoms with E-state index in [1.54, 1.807) is 0 Å². The van der Waals surface area contributed by atoms with E-state index < -0.39 is 0 Å². The van der Waals surface area contributed by atoms with Crippen molar-refractivity contribution in [2.45, 2.75) is 0 Å². The van der Waals surface area contributed by atoms with Crippen LogP contribution in [0.4, 0.5) is 0 Å². The molecule has 0 aliphatic carbocycles. The van der Waals surface area contributed by atoms with E-state index >= 15 is 0 Å². The quantitative estimate of drug-likeness (QED) is 0.144. The largest absolute Gasteiger partial charge is 0.309 e. The molecule has 0 amide bonds. The fourth-order valence-corrected chi connectivity index (χ4v) is 15.5. The van der Waals surface area contributed by atoms with Gasteiger partial charge in [-0.05, 0) is 146 Å². The zero-order valence-electron chi connectivity index (χ0n) is 52.4. The van der Waals surface area contributed by atoms with Gasteiger partial charge in [0.25, 0.3) is 0 Å². The summed E-state index contributed by atoms with van der Waals surface area (Å²) < 4.78 is 9.89. The summed E-state index contributed by atoms with van der Waals surface area (Å²) in [6.07, 6.45) is 0. The molecule has 0 fully saturated rings. The highest BCUT2D eigenvalue weighted by Gasteiger charge is 2.25. The Hall–Kier alpha value is -12.8. The van der Waals surface area contributed by atoms with Gasteiger partial charge in [0.2, 0.25) is 0 Å². The Morgan fingerprint density at radius 2 is 0.583 bits per heavy atom. The van der Waals surface area contributed by atoms with E-state index in [0.29, 0.717) is 0 Å². The van der Waals surface area contributed by atoms with Crippen LogP contribution in [0, 0.1) is 0 Å². The summed E-state index contributed by atoms with van der Waals surface area (Å²) in [5.41, 5.74) is 24.1. The van der Waals surface area contributed by atoms with Gasteiger partial charge in [0, 0.05) is 65.5 Å². The van der Waals surface area contributed by atoms with Crippen molar-refractivity contribution >= 4 is 109 Å². The molecule has 20 aromatic rings. The van der Waals surface area contributed by atoms with Crippen LogP contribution < -0.4 is 0 Å². The van der Waals surface area contributed by atoms with Crippen LogP contribution in [0.15, 0.2) is 364 Å². The minimum Gasteiger partial charge on any atom is -0.309 e. The predicted molar refractivity (Wildman–Crippen MR) is 407 cm³/mol. The summed E-state index contributed by atoms with van der Waals surface area (Å²) in [5, 5.41) is 15.0. The molecule has 448 valence electrons. The number of benzene rings is 16. The molecule has 0 radical (unpaired) electrons. The molecule has 0 N–H and O–H groups in total. The van der Waals surface area contributed by atoms with Crippen molar-refractivity contribution in [1.82, 2.24) is 18.3 Å². The summed E-state index contributed by atoms with van der Waals surface area (Å²) in [6.45, 7) is 0. The Labute approximate surface area is 554 Å². The SMILES string of the molecule is c1ccc(-c2ccc(-n3c4cc(-c5ccccc5)ccc4c4c3ccc3c5ccccc5n(-c5cccc6ccccc56)c34)cc2)cc1.c1ccc(-c2ccc3c(c2)c2ccc4c(c5ccccc5n4-c4cc(-c5ccccc5)c5ccccc5c4)c2n3-c2ccccc2)cc1. The Morgan fingerprint density at radius 1 is 0.167 bits per heavy atom. The van der Waals surface area contributed by atoms with Gasteiger partial charge in [-0.25, -0.2) is 0 Å². The molecule has 0 bridgehead atoms. The zero-order valence-corrected chi connectivity index (χ0v) is 52.4. The molecule has 16 aromatic carbocycles. The molecule has 96 heavy (non-hydrogen) atoms. The molecule has 0 aliphatic heterocycles. The third-order valence-corrected chi connectivity index (χ3v) is 19.8. The van der Waals surface area contributed by atoms with Crippen LogP contribution >= 0.6 is 0 Å². The third kappa shape index (κ3) is 8.84. The van der Waals surface area contributed by atoms with Crippen molar-refractivity contribution in [3.05, 3.63) is 364 Å². The molecule has 4 heteroatoms. The standard InChI is InChI=1S/2C46H30N2/c1-4-14-31(15-5-1)33-24-26-43-41(29-33)38-25-27-44-45(46(38)48(43)35-19-8-3-9-20-35)39-22-12-13-23-42(39)47(44)36-28-34-18-10-11-21-37(34)40(30-36)32-16-6-2-7-17-32;1-3-12-31(13-4-1)33-22-25-36(26-23-33)47-43-29-28-39-38-19-9-10-20-42(38)48(41-21-11-17-34-16-7-8-18-37(34)41)46(39)45(43)40-27-24-35(30-44(40)47)32-14-5-2-6-15-32/h2*1-30H. The lowest BCUT2D eigenvalue weighted by atomic mass is 9.97. The van der Waals surface area contributed by atoms with Crippen molar-refractivity contribution in [3.63, 3.8) is 0 Å². The van der Waals surface area contributed by atoms with Crippen LogP contribution in [-0.2, 0) is 0 Å². The van der Waals surface area contributed by atoms with Crippen LogP contribution in [0.2, 0.25) is 0 Å². The maximum Gasteiger partial charge on any atom is 0.0641 e. The lowest BCUT2D eigenvalue weighted by molar-refractivity contribution is 1.18. The maximum atomic E-state index is 2.50. The number of hydrogen-bond acceptors (Lipinski definition) is 0. The molecule has 0 atom stereocenters. The molecule has 0 saturated heterocycles. The van der Waals surface area contributed by atoms with E-state index in [1.165, 1.54) is 159 Å². The third-order valence-electron chi connectivity index (χ3n) is 19.8. The lowest BCUT2D eigenvalue weighted by Gasteiger charge is -2.14. The first-order valence-corrected chi connectivity index (χ1v) is 33.1. The summed E-state index contributed by atoms with van der Waals surface area (Å²) >= 11 is 0. The van der Waals surface area contributed by atoms with E-state index in [4.69, 9.17) is 0 Å². The molecule has 20 rings (SSSR count). The molecule has 0 unspecified atom stereocenters. The topological polar surface area (TPSA) is 19.7 Å². The first-order valence-electron chi connectivity index (χ1n) is 33.1. The zero-order chi connectivity index (χ0) is 63.2. The highest BCUT2D eigenvalue weighted by atomic mass is 15.0. The van der Waals surface area contributed by atoms with Gasteiger partial charge in [-0.1, -0.05) is 279 Å². The summed E-state index contributed by atoms with van der Waals surface area (Å²) in [7, 11) is 0. The maximum absolute atomic E-state index is 2.50. The monoisotopic (exact) mass is 1220 g/mol. The summed E-state index contributed by atoms with van der Waals surface area (Å²) in [5.74, 6) is 0. The average Bonchev–Trinajstić information content (AvgIpc) is 1.55. The van der Waals surface area contributed by atoms with E-state index in [2.05, 4.69) is 382 Å². The fraction of sp³-hybridized carbons (Fsp3) is 0. The van der Waals surface area contributed by atoms with Crippen molar-refractivity contribution in [2.75, 3.05) is 0 Å². The second kappa shape index (κ2) is 22.5. The minimum atomic E-state index is 1.15. The van der Waals surface area contributed by atoms with Crippen LogP contribution in [0.1, 0.15) is 0 Å². The van der Waals surface area contributed by atoms with Crippen molar-refractivity contribution in [3.8, 4) is 67.3 Å². The Morgan fingerprint density at radius 3 is 1.25 bits per heavy atom. The van der Waals surface area contributed by atoms with E-state index in [0.717, 1.165) is 17.1 Å².